The van der Waals surface area contributed by atoms with E-state index in [1.165, 1.54) is 11.1 Å². The molecule has 7 heteroatoms. The molecule has 0 aliphatic heterocycles. The lowest BCUT2D eigenvalue weighted by Crippen LogP contribution is -2.35. The van der Waals surface area contributed by atoms with Gasteiger partial charge >= 0.3 is 0 Å². The summed E-state index contributed by atoms with van der Waals surface area (Å²) in [6.45, 7) is 0.642. The van der Waals surface area contributed by atoms with Crippen LogP contribution < -0.4 is 10.3 Å². The van der Waals surface area contributed by atoms with Crippen LogP contribution in [0.5, 0.6) is 5.75 Å². The van der Waals surface area contributed by atoms with Crippen molar-refractivity contribution in [1.82, 2.24) is 14.9 Å². The van der Waals surface area contributed by atoms with Crippen molar-refractivity contribution in [3.05, 3.63) is 57.2 Å². The summed E-state index contributed by atoms with van der Waals surface area (Å²) in [6, 6.07) is 7.04. The van der Waals surface area contributed by atoms with Crippen molar-refractivity contribution in [3.8, 4) is 5.75 Å². The van der Waals surface area contributed by atoms with Gasteiger partial charge < -0.3 is 14.6 Å². The maximum absolute atomic E-state index is 12.3. The zero-order valence-corrected chi connectivity index (χ0v) is 14.0. The maximum atomic E-state index is 12.3. The van der Waals surface area contributed by atoms with Crippen LogP contribution >= 0.6 is 11.6 Å². The Hall–Kier alpha value is -2.34. The van der Waals surface area contributed by atoms with Gasteiger partial charge in [0.1, 0.15) is 23.7 Å². The van der Waals surface area contributed by atoms with E-state index in [9.17, 15) is 9.59 Å². The molecule has 1 aliphatic carbocycles. The number of hydrogen-bond donors (Lipinski definition) is 1. The first-order valence-corrected chi connectivity index (χ1v) is 8.15. The van der Waals surface area contributed by atoms with Crippen LogP contribution in [-0.4, -0.2) is 41.0 Å². The van der Waals surface area contributed by atoms with Crippen molar-refractivity contribution in [3.63, 3.8) is 0 Å². The lowest BCUT2D eigenvalue weighted by atomic mass is 10.3. The molecule has 1 aromatic heterocycles. The number of halogens is 1. The van der Waals surface area contributed by atoms with Crippen LogP contribution in [0, 0.1) is 0 Å². The number of amides is 1. The van der Waals surface area contributed by atoms with Crippen LogP contribution in [0.4, 0.5) is 0 Å². The second-order valence-electron chi connectivity index (χ2n) is 5.82. The number of carbonyl (C=O) groups is 1. The summed E-state index contributed by atoms with van der Waals surface area (Å²) in [7, 11) is 1.62. The van der Waals surface area contributed by atoms with E-state index in [0.29, 0.717) is 35.7 Å². The van der Waals surface area contributed by atoms with Gasteiger partial charge in [0.15, 0.2) is 0 Å². The first kappa shape index (κ1) is 16.5. The highest BCUT2D eigenvalue weighted by Gasteiger charge is 2.27. The molecule has 1 amide bonds. The van der Waals surface area contributed by atoms with Crippen LogP contribution in [-0.2, 0) is 0 Å². The summed E-state index contributed by atoms with van der Waals surface area (Å²) >= 11 is 5.88. The van der Waals surface area contributed by atoms with Gasteiger partial charge in [-0.15, -0.1) is 0 Å². The van der Waals surface area contributed by atoms with Crippen molar-refractivity contribution in [1.29, 1.82) is 0 Å². The Morgan fingerprint density at radius 3 is 2.92 bits per heavy atom. The number of ether oxygens (including phenoxy) is 1. The molecular formula is C17H18ClN3O3. The van der Waals surface area contributed by atoms with Gasteiger partial charge in [0, 0.05) is 24.2 Å². The van der Waals surface area contributed by atoms with E-state index in [1.807, 2.05) is 0 Å². The molecule has 24 heavy (non-hydrogen) atoms. The molecule has 1 N–H and O–H groups in total. The van der Waals surface area contributed by atoms with Gasteiger partial charge in [0.25, 0.3) is 11.5 Å². The topological polar surface area (TPSA) is 75.3 Å². The number of hydrogen-bond acceptors (Lipinski definition) is 4. The normalized spacial score (nSPS) is 13.6. The number of nitrogens with one attached hydrogen (secondary N) is 1. The minimum Gasteiger partial charge on any atom is -0.492 e. The van der Waals surface area contributed by atoms with Crippen LogP contribution in [0.15, 0.2) is 35.3 Å². The molecule has 0 unspecified atom stereocenters. The van der Waals surface area contributed by atoms with Crippen molar-refractivity contribution < 1.29 is 9.53 Å². The first-order chi connectivity index (χ1) is 11.5. The average Bonchev–Trinajstić information content (AvgIpc) is 3.39. The highest BCUT2D eigenvalue weighted by Crippen LogP contribution is 2.37. The van der Waals surface area contributed by atoms with E-state index < -0.39 is 0 Å². The van der Waals surface area contributed by atoms with Crippen LogP contribution in [0.25, 0.3) is 0 Å². The molecule has 6 nitrogen and oxygen atoms in total. The van der Waals surface area contributed by atoms with Gasteiger partial charge in [-0.1, -0.05) is 17.7 Å². The fourth-order valence-electron chi connectivity index (χ4n) is 2.29. The third kappa shape index (κ3) is 3.94. The molecule has 0 saturated heterocycles. The fraction of sp³-hybridized carbons (Fsp3) is 0.353. The van der Waals surface area contributed by atoms with E-state index >= 15 is 0 Å². The Balaban J connectivity index is 1.57. The monoisotopic (exact) mass is 347 g/mol. The van der Waals surface area contributed by atoms with Crippen LogP contribution in [0.1, 0.15) is 34.9 Å². The van der Waals surface area contributed by atoms with E-state index in [1.54, 1.807) is 31.3 Å². The van der Waals surface area contributed by atoms with Gasteiger partial charge in [0.2, 0.25) is 0 Å². The summed E-state index contributed by atoms with van der Waals surface area (Å²) in [6.07, 6.45) is 3.44. The Morgan fingerprint density at radius 2 is 2.25 bits per heavy atom. The van der Waals surface area contributed by atoms with Crippen molar-refractivity contribution >= 4 is 17.5 Å². The zero-order chi connectivity index (χ0) is 17.1. The van der Waals surface area contributed by atoms with Gasteiger partial charge in [-0.3, -0.25) is 9.59 Å². The predicted octanol–water partition coefficient (Wildman–Crippen LogP) is 2.45. The van der Waals surface area contributed by atoms with E-state index in [4.69, 9.17) is 16.3 Å². The first-order valence-electron chi connectivity index (χ1n) is 7.77. The second kappa shape index (κ2) is 7.05. The maximum Gasteiger partial charge on any atom is 0.263 e. The third-order valence-electron chi connectivity index (χ3n) is 3.85. The SMILES string of the molecule is CN(CCOc1cccc(Cl)c1)C(=O)c1cnc(C2CC2)[nH]c1=O. The number of carbonyl (C=O) groups excluding carboxylic acids is 1. The molecule has 3 rings (SSSR count). The van der Waals surface area contributed by atoms with E-state index in [0.717, 1.165) is 12.8 Å². The van der Waals surface area contributed by atoms with Crippen LogP contribution in [0.3, 0.4) is 0 Å². The number of H-pyrrole nitrogens is 1. The molecule has 1 heterocycles. The summed E-state index contributed by atoms with van der Waals surface area (Å²) in [4.78, 5) is 32.7. The predicted molar refractivity (Wildman–Crippen MR) is 90.7 cm³/mol. The van der Waals surface area contributed by atoms with Crippen molar-refractivity contribution in [2.45, 2.75) is 18.8 Å². The number of benzene rings is 1. The molecule has 0 atom stereocenters. The summed E-state index contributed by atoms with van der Waals surface area (Å²) in [5, 5.41) is 0.588. The van der Waals surface area contributed by atoms with Crippen LogP contribution in [0.2, 0.25) is 5.02 Å². The zero-order valence-electron chi connectivity index (χ0n) is 13.3. The molecule has 1 fully saturated rings. The molecule has 2 aromatic rings. The number of aromatic amines is 1. The Kier molecular flexibility index (Phi) is 4.85. The fourth-order valence-corrected chi connectivity index (χ4v) is 2.47. The molecule has 0 spiro atoms. The molecule has 0 radical (unpaired) electrons. The van der Waals surface area contributed by atoms with Gasteiger partial charge in [-0.25, -0.2) is 4.98 Å². The van der Waals surface area contributed by atoms with E-state index in [-0.39, 0.29) is 17.0 Å². The summed E-state index contributed by atoms with van der Waals surface area (Å²) in [5.74, 6) is 1.27. The lowest BCUT2D eigenvalue weighted by molar-refractivity contribution is 0.0771. The minimum atomic E-state index is -0.389. The highest BCUT2D eigenvalue weighted by molar-refractivity contribution is 6.30. The summed E-state index contributed by atoms with van der Waals surface area (Å²) < 4.78 is 5.55. The third-order valence-corrected chi connectivity index (χ3v) is 4.09. The second-order valence-corrected chi connectivity index (χ2v) is 6.25. The average molecular weight is 348 g/mol. The van der Waals surface area contributed by atoms with Gasteiger partial charge in [0.05, 0.1) is 6.54 Å². The smallest absolute Gasteiger partial charge is 0.263 e. The molecule has 1 saturated carbocycles. The highest BCUT2D eigenvalue weighted by atomic mass is 35.5. The molecule has 126 valence electrons. The molecule has 0 bridgehead atoms. The minimum absolute atomic E-state index is 0.0460. The molecular weight excluding hydrogens is 330 g/mol. The summed E-state index contributed by atoms with van der Waals surface area (Å²) in [5.41, 5.74) is -0.343. The van der Waals surface area contributed by atoms with Gasteiger partial charge in [-0.2, -0.15) is 0 Å². The van der Waals surface area contributed by atoms with Crippen molar-refractivity contribution in [2.24, 2.45) is 0 Å². The largest absolute Gasteiger partial charge is 0.492 e. The number of nitrogens with zero attached hydrogens (tertiary/aromatic N) is 2. The van der Waals surface area contributed by atoms with Crippen molar-refractivity contribution in [2.75, 3.05) is 20.2 Å². The quantitative estimate of drug-likeness (QED) is 0.871. The standard InChI is InChI=1S/C17H18ClN3O3/c1-21(7-8-24-13-4-2-3-12(18)9-13)17(23)14-10-19-15(11-5-6-11)20-16(14)22/h2-4,9-11H,5-8H2,1H3,(H,19,20,22). The Morgan fingerprint density at radius 1 is 1.46 bits per heavy atom. The number of likely N-dealkylation sites (N-methyl/N-ethyl adjacent to an activating group) is 1. The molecule has 1 aromatic carbocycles. The molecule has 1 aliphatic rings. The van der Waals surface area contributed by atoms with E-state index in [2.05, 4.69) is 9.97 Å². The Bertz CT molecular complexity index is 802. The van der Waals surface area contributed by atoms with Gasteiger partial charge in [-0.05, 0) is 31.0 Å². The Labute approximate surface area is 144 Å². The number of rotatable bonds is 6. The lowest BCUT2D eigenvalue weighted by Gasteiger charge is -2.17. The number of aromatic nitrogens is 2.